The number of fused-ring (bicyclic) bond motifs is 1. The molecule has 3 heterocycles. The van der Waals surface area contributed by atoms with Crippen molar-refractivity contribution in [2.45, 2.75) is 49.9 Å². The summed E-state index contributed by atoms with van der Waals surface area (Å²) in [6.45, 7) is 3.01. The Balaban J connectivity index is 0.000000305. The Morgan fingerprint density at radius 3 is 2.12 bits per heavy atom. The summed E-state index contributed by atoms with van der Waals surface area (Å²) in [5, 5.41) is 17.5. The van der Waals surface area contributed by atoms with Crippen molar-refractivity contribution < 1.29 is 50.9 Å². The third-order valence-corrected chi connectivity index (χ3v) is 5.34. The Kier molecular flexibility index (Phi) is 10.3. The summed E-state index contributed by atoms with van der Waals surface area (Å²) in [4.78, 5) is 27.1. The van der Waals surface area contributed by atoms with E-state index in [1.807, 2.05) is 6.20 Å². The lowest BCUT2D eigenvalue weighted by molar-refractivity contribution is -0.193. The van der Waals surface area contributed by atoms with Crippen LogP contribution in [0.3, 0.4) is 0 Å². The molecule has 2 N–H and O–H groups in total. The lowest BCUT2D eigenvalue weighted by Gasteiger charge is -2.33. The van der Waals surface area contributed by atoms with Crippen molar-refractivity contribution in [3.8, 4) is 0 Å². The number of aliphatic carboxylic acids is 2. The first-order valence-corrected chi connectivity index (χ1v) is 10.0. The Hall–Kier alpha value is -1.97. The average Bonchev–Trinajstić information content (AvgIpc) is 3.30. The number of carbonyl (C=O) groups is 2. The molecule has 3 rings (SSSR count). The molecule has 0 unspecified atom stereocenters. The van der Waals surface area contributed by atoms with E-state index in [4.69, 9.17) is 24.5 Å². The molecule has 2 fully saturated rings. The number of thiazole rings is 1. The zero-order valence-corrected chi connectivity index (χ0v) is 17.9. The molecule has 32 heavy (non-hydrogen) atoms. The molecule has 0 bridgehead atoms. The zero-order chi connectivity index (χ0) is 24.7. The minimum atomic E-state index is -5.08. The molecule has 8 nitrogen and oxygen atoms in total. The second kappa shape index (κ2) is 11.8. The van der Waals surface area contributed by atoms with Crippen molar-refractivity contribution in [1.82, 2.24) is 14.8 Å². The van der Waals surface area contributed by atoms with Gasteiger partial charge >= 0.3 is 24.3 Å². The van der Waals surface area contributed by atoms with Crippen LogP contribution in [0.1, 0.15) is 17.8 Å². The molecule has 1 aromatic rings. The summed E-state index contributed by atoms with van der Waals surface area (Å²) in [6, 6.07) is 1.10. The van der Waals surface area contributed by atoms with E-state index in [2.05, 4.69) is 34.3 Å². The van der Waals surface area contributed by atoms with E-state index in [1.54, 1.807) is 11.3 Å². The number of likely N-dealkylation sites (tertiary alicyclic amines) is 1. The predicted octanol–water partition coefficient (Wildman–Crippen LogP) is 2.70. The van der Waals surface area contributed by atoms with E-state index in [1.165, 1.54) is 17.8 Å². The molecule has 0 spiro atoms. The van der Waals surface area contributed by atoms with E-state index in [0.29, 0.717) is 18.2 Å². The third kappa shape index (κ3) is 8.88. The fourth-order valence-corrected chi connectivity index (χ4v) is 3.81. The maximum Gasteiger partial charge on any atom is 0.490 e. The predicted molar refractivity (Wildman–Crippen MR) is 100 cm³/mol. The standard InChI is InChI=1S/C13H21N3OS.2C2HF3O2/c1-15(2)11-8-16(9-12-14-5-7-18-12)10-4-3-6-17-13(10)11;2*3-2(4,5)1(6)7/h5,7,10-11,13H,3-4,6,8-9H2,1-2H3;2*(H,6,7)/t10-,11-,13+;;/m1../s1. The summed E-state index contributed by atoms with van der Waals surface area (Å²) in [7, 11) is 4.32. The smallest absolute Gasteiger partial charge is 0.475 e. The highest BCUT2D eigenvalue weighted by atomic mass is 32.1. The van der Waals surface area contributed by atoms with E-state index < -0.39 is 24.3 Å². The van der Waals surface area contributed by atoms with Gasteiger partial charge in [-0.2, -0.15) is 26.3 Å². The van der Waals surface area contributed by atoms with Gasteiger partial charge in [-0.15, -0.1) is 11.3 Å². The average molecular weight is 495 g/mol. The molecule has 184 valence electrons. The van der Waals surface area contributed by atoms with Crippen LogP contribution in [0.15, 0.2) is 11.6 Å². The Morgan fingerprint density at radius 2 is 1.72 bits per heavy atom. The van der Waals surface area contributed by atoms with Crippen LogP contribution in [0, 0.1) is 0 Å². The number of carboxylic acids is 2. The lowest BCUT2D eigenvalue weighted by Crippen LogP contribution is -2.45. The summed E-state index contributed by atoms with van der Waals surface area (Å²) in [6.07, 6.45) is -5.43. The molecule has 3 atom stereocenters. The van der Waals surface area contributed by atoms with E-state index in [9.17, 15) is 26.3 Å². The highest BCUT2D eigenvalue weighted by Crippen LogP contribution is 2.32. The third-order valence-electron chi connectivity index (χ3n) is 4.57. The van der Waals surface area contributed by atoms with Crippen LogP contribution in [0.2, 0.25) is 0 Å². The highest BCUT2D eigenvalue weighted by Gasteiger charge is 2.44. The Labute approximate surface area is 183 Å². The molecule has 0 amide bonds. The number of rotatable bonds is 3. The van der Waals surface area contributed by atoms with Gasteiger partial charge in [-0.3, -0.25) is 4.90 Å². The molecular weight excluding hydrogens is 472 g/mol. The Morgan fingerprint density at radius 1 is 1.19 bits per heavy atom. The highest BCUT2D eigenvalue weighted by molar-refractivity contribution is 7.09. The Bertz CT molecular complexity index is 705. The summed E-state index contributed by atoms with van der Waals surface area (Å²) in [5.74, 6) is -5.51. The van der Waals surface area contributed by atoms with E-state index >= 15 is 0 Å². The van der Waals surface area contributed by atoms with Gasteiger partial charge in [0.05, 0.1) is 12.6 Å². The van der Waals surface area contributed by atoms with Gasteiger partial charge < -0.3 is 19.8 Å². The number of hydrogen-bond donors (Lipinski definition) is 2. The summed E-state index contributed by atoms with van der Waals surface area (Å²) in [5.41, 5.74) is 0. The van der Waals surface area contributed by atoms with Crippen molar-refractivity contribution in [2.24, 2.45) is 0 Å². The number of ether oxygens (including phenoxy) is 1. The number of halogens is 6. The van der Waals surface area contributed by atoms with Gasteiger partial charge in [0, 0.05) is 36.8 Å². The van der Waals surface area contributed by atoms with Crippen LogP contribution < -0.4 is 0 Å². The summed E-state index contributed by atoms with van der Waals surface area (Å²) < 4.78 is 69.5. The van der Waals surface area contributed by atoms with E-state index in [-0.39, 0.29) is 0 Å². The number of carboxylic acid groups (broad SMARTS) is 2. The minimum Gasteiger partial charge on any atom is -0.475 e. The van der Waals surface area contributed by atoms with Crippen LogP contribution in [-0.4, -0.2) is 94.7 Å². The van der Waals surface area contributed by atoms with Gasteiger partial charge in [0.1, 0.15) is 5.01 Å². The largest absolute Gasteiger partial charge is 0.490 e. The molecule has 1 aromatic heterocycles. The molecule has 15 heteroatoms. The topological polar surface area (TPSA) is 103 Å². The quantitative estimate of drug-likeness (QED) is 0.618. The van der Waals surface area contributed by atoms with Crippen molar-refractivity contribution in [3.05, 3.63) is 16.6 Å². The van der Waals surface area contributed by atoms with Gasteiger partial charge in [0.2, 0.25) is 0 Å². The van der Waals surface area contributed by atoms with Gasteiger partial charge in [-0.05, 0) is 26.9 Å². The van der Waals surface area contributed by atoms with Crippen LogP contribution in [-0.2, 0) is 20.9 Å². The van der Waals surface area contributed by atoms with Gasteiger partial charge in [-0.1, -0.05) is 0 Å². The zero-order valence-electron chi connectivity index (χ0n) is 17.1. The molecular formula is C17H23F6N3O5S. The molecule has 2 aliphatic rings. The monoisotopic (exact) mass is 495 g/mol. The SMILES string of the molecule is CN(C)[C@@H]1CN(Cc2nccs2)[C@@H]2CCCO[C@H]12.O=C(O)C(F)(F)F.O=C(O)C(F)(F)F. The lowest BCUT2D eigenvalue weighted by atomic mass is 10.0. The van der Waals surface area contributed by atoms with Crippen LogP contribution in [0.4, 0.5) is 26.3 Å². The molecule has 2 aliphatic heterocycles. The van der Waals surface area contributed by atoms with Crippen LogP contribution in [0.5, 0.6) is 0 Å². The van der Waals surface area contributed by atoms with Crippen molar-refractivity contribution in [1.29, 1.82) is 0 Å². The number of alkyl halides is 6. The molecule has 0 aromatic carbocycles. The molecule has 0 aliphatic carbocycles. The first kappa shape index (κ1) is 28.1. The maximum absolute atomic E-state index is 10.6. The number of likely N-dealkylation sites (N-methyl/N-ethyl adjacent to an activating group) is 1. The van der Waals surface area contributed by atoms with Crippen molar-refractivity contribution in [2.75, 3.05) is 27.2 Å². The number of nitrogens with zero attached hydrogens (tertiary/aromatic N) is 3. The summed E-state index contributed by atoms with van der Waals surface area (Å²) >= 11 is 1.75. The van der Waals surface area contributed by atoms with Crippen molar-refractivity contribution >= 4 is 23.3 Å². The second-order valence-electron chi connectivity index (χ2n) is 7.04. The van der Waals surface area contributed by atoms with Gasteiger partial charge in [0.15, 0.2) is 0 Å². The normalized spacial score (nSPS) is 23.5. The van der Waals surface area contributed by atoms with E-state index in [0.717, 1.165) is 19.7 Å². The van der Waals surface area contributed by atoms with Gasteiger partial charge in [-0.25, -0.2) is 14.6 Å². The first-order valence-electron chi connectivity index (χ1n) is 9.15. The van der Waals surface area contributed by atoms with Crippen LogP contribution >= 0.6 is 11.3 Å². The van der Waals surface area contributed by atoms with Gasteiger partial charge in [0.25, 0.3) is 0 Å². The maximum atomic E-state index is 10.6. The minimum absolute atomic E-state index is 0.383. The number of aromatic nitrogens is 1. The van der Waals surface area contributed by atoms with Crippen LogP contribution in [0.25, 0.3) is 0 Å². The molecule has 2 saturated heterocycles. The number of hydrogen-bond acceptors (Lipinski definition) is 7. The molecule has 0 radical (unpaired) electrons. The first-order chi connectivity index (χ1) is 14.6. The molecule has 0 saturated carbocycles. The fraction of sp³-hybridized carbons (Fsp3) is 0.706. The van der Waals surface area contributed by atoms with Crippen molar-refractivity contribution in [3.63, 3.8) is 0 Å². The fourth-order valence-electron chi connectivity index (χ4n) is 3.17. The second-order valence-corrected chi connectivity index (χ2v) is 8.02.